The summed E-state index contributed by atoms with van der Waals surface area (Å²) in [7, 11) is -3.69. The summed E-state index contributed by atoms with van der Waals surface area (Å²) in [6, 6.07) is 11.9. The number of benzene rings is 1. The van der Waals surface area contributed by atoms with Gasteiger partial charge in [0.1, 0.15) is 18.3 Å². The van der Waals surface area contributed by atoms with E-state index in [9.17, 15) is 8.42 Å². The summed E-state index contributed by atoms with van der Waals surface area (Å²) >= 11 is 0. The van der Waals surface area contributed by atoms with E-state index in [0.717, 1.165) is 23.6 Å². The Hall–Kier alpha value is -3.99. The molecule has 5 aromatic rings. The number of nitrogens with one attached hydrogen (secondary N) is 1. The van der Waals surface area contributed by atoms with E-state index in [1.165, 1.54) is 48.5 Å². The molecule has 10 nitrogen and oxygen atoms in total. The van der Waals surface area contributed by atoms with E-state index in [-0.39, 0.29) is 19.7 Å². The first-order valence-corrected chi connectivity index (χ1v) is 13.7. The van der Waals surface area contributed by atoms with E-state index in [2.05, 4.69) is 24.9 Å². The second-order valence-corrected chi connectivity index (χ2v) is 11.1. The maximum atomic E-state index is 12.8. The van der Waals surface area contributed by atoms with Gasteiger partial charge in [0.25, 0.3) is 10.0 Å². The molecular weight excluding hydrogens is 516 g/mol. The number of aromatic nitrogens is 6. The lowest BCUT2D eigenvalue weighted by atomic mass is 10.4. The minimum absolute atomic E-state index is 0. The van der Waals surface area contributed by atoms with Crippen LogP contribution in [0.1, 0.15) is 25.7 Å². The zero-order valence-electron chi connectivity index (χ0n) is 22.0. The van der Waals surface area contributed by atoms with Crippen molar-refractivity contribution < 1.29 is 17.9 Å². The number of rotatable bonds is 8. The van der Waals surface area contributed by atoms with Gasteiger partial charge >= 0.3 is 0 Å². The highest BCUT2D eigenvalue weighted by Crippen LogP contribution is 2.32. The van der Waals surface area contributed by atoms with Gasteiger partial charge in [-0.25, -0.2) is 32.3 Å². The summed E-state index contributed by atoms with van der Waals surface area (Å²) in [4.78, 5) is 19.7. The predicted molar refractivity (Wildman–Crippen MR) is 150 cm³/mol. The van der Waals surface area contributed by atoms with Gasteiger partial charge in [-0.15, -0.1) is 0 Å². The highest BCUT2D eigenvalue weighted by Gasteiger charge is 2.25. The van der Waals surface area contributed by atoms with Crippen LogP contribution in [0, 0.1) is 26.7 Å². The summed E-state index contributed by atoms with van der Waals surface area (Å²) in [5, 5.41) is 1.57. The molecule has 7 rings (SSSR count). The molecule has 0 atom stereocenters. The second kappa shape index (κ2) is 11.8. The Bertz CT molecular complexity index is 1630. The van der Waals surface area contributed by atoms with Crippen molar-refractivity contribution in [2.24, 2.45) is 11.8 Å². The van der Waals surface area contributed by atoms with Crippen LogP contribution >= 0.6 is 0 Å². The van der Waals surface area contributed by atoms with E-state index in [1.807, 2.05) is 12.3 Å². The molecule has 2 saturated carbocycles. The van der Waals surface area contributed by atoms with Gasteiger partial charge in [0.15, 0.2) is 5.65 Å². The minimum Gasteiger partial charge on any atom is -0.477 e. The predicted octanol–water partition coefficient (Wildman–Crippen LogP) is 5.10. The number of nitrogens with zero attached hydrogens (tertiary/aromatic N) is 5. The molecule has 0 unspecified atom stereocenters. The van der Waals surface area contributed by atoms with Crippen molar-refractivity contribution >= 4 is 32.1 Å². The molecule has 2 aliphatic carbocycles. The van der Waals surface area contributed by atoms with Gasteiger partial charge in [-0.2, -0.15) is 0 Å². The Kier molecular flexibility index (Phi) is 8.49. The zero-order valence-corrected chi connectivity index (χ0v) is 22.8. The number of H-pyrrole nitrogens is 1. The Balaban J connectivity index is 0.000000190. The van der Waals surface area contributed by atoms with Crippen LogP contribution in [-0.2, 0) is 10.0 Å². The molecule has 1 aromatic carbocycles. The lowest BCUT2D eigenvalue weighted by molar-refractivity contribution is 0.292. The quantitative estimate of drug-likeness (QED) is 0.265. The second-order valence-electron chi connectivity index (χ2n) is 9.27. The van der Waals surface area contributed by atoms with Crippen LogP contribution in [0.5, 0.6) is 11.8 Å². The molecule has 2 fully saturated rings. The van der Waals surface area contributed by atoms with Crippen LogP contribution in [0.3, 0.4) is 0 Å². The minimum atomic E-state index is -3.69. The van der Waals surface area contributed by atoms with Gasteiger partial charge in [-0.1, -0.05) is 18.2 Å². The van der Waals surface area contributed by atoms with E-state index in [0.29, 0.717) is 35.3 Å². The van der Waals surface area contributed by atoms with Crippen LogP contribution in [0.2, 0.25) is 0 Å². The summed E-state index contributed by atoms with van der Waals surface area (Å²) in [5.74, 6) is 2.47. The molecule has 0 bridgehead atoms. The van der Waals surface area contributed by atoms with Crippen molar-refractivity contribution in [2.75, 3.05) is 13.2 Å². The van der Waals surface area contributed by atoms with Crippen molar-refractivity contribution in [1.82, 2.24) is 28.9 Å². The van der Waals surface area contributed by atoms with Crippen molar-refractivity contribution in [1.29, 1.82) is 0 Å². The third kappa shape index (κ3) is 6.19. The number of fused-ring (bicyclic) bond motifs is 2. The van der Waals surface area contributed by atoms with Gasteiger partial charge in [-0.3, -0.25) is 0 Å². The van der Waals surface area contributed by atoms with Crippen LogP contribution < -0.4 is 9.47 Å². The third-order valence-electron chi connectivity index (χ3n) is 6.33. The average Bonchev–Trinajstić information content (AvgIpc) is 3.84. The fraction of sp³-hybridized carbons (Fsp3) is 0.286. The molecular formula is C28H32N6O4S-2. The summed E-state index contributed by atoms with van der Waals surface area (Å²) in [6.07, 6.45) is 11.1. The molecule has 0 saturated heterocycles. The van der Waals surface area contributed by atoms with E-state index >= 15 is 0 Å². The number of aromatic amines is 1. The van der Waals surface area contributed by atoms with Crippen molar-refractivity contribution in [3.05, 3.63) is 82.4 Å². The molecule has 0 radical (unpaired) electrons. The van der Waals surface area contributed by atoms with E-state index in [4.69, 9.17) is 9.47 Å². The van der Waals surface area contributed by atoms with Crippen LogP contribution in [0.4, 0.5) is 0 Å². The normalized spacial score (nSPS) is 14.6. The largest absolute Gasteiger partial charge is 0.477 e. The zero-order chi connectivity index (χ0) is 25.2. The van der Waals surface area contributed by atoms with E-state index in [1.54, 1.807) is 36.4 Å². The fourth-order valence-electron chi connectivity index (χ4n) is 3.85. The summed E-state index contributed by atoms with van der Waals surface area (Å²) in [6.45, 7) is 1.40. The monoisotopic (exact) mass is 548 g/mol. The standard InChI is InChI=1S/C16H15N3O3S.C10H11N3O.2CH3/c20-23(21,13-4-2-1-3-5-13)19-9-8-14-15(19)17-11-18-16(14)22-10-12-6-7-12;1-2-7(1)5-14-10-8-3-4-11-9(8)12-6-13-10;;/h1-5,8-9,11-12H,6-7,10H2;3-4,6-7H,1-2,5H2,(H,11,12,13);2*1H3/q;;2*-1. The summed E-state index contributed by atoms with van der Waals surface area (Å²) in [5.41, 5.74) is 1.17. The van der Waals surface area contributed by atoms with Crippen LogP contribution in [0.15, 0.2) is 72.4 Å². The third-order valence-corrected chi connectivity index (χ3v) is 8.01. The maximum absolute atomic E-state index is 12.8. The molecule has 0 aliphatic heterocycles. The van der Waals surface area contributed by atoms with E-state index < -0.39 is 10.0 Å². The van der Waals surface area contributed by atoms with Gasteiger partial charge in [0.2, 0.25) is 11.8 Å². The molecule has 0 amide bonds. The molecule has 1 N–H and O–H groups in total. The Morgan fingerprint density at radius 3 is 2.05 bits per heavy atom. The highest BCUT2D eigenvalue weighted by atomic mass is 32.2. The molecule has 2 aliphatic rings. The average molecular weight is 549 g/mol. The molecule has 11 heteroatoms. The summed E-state index contributed by atoms with van der Waals surface area (Å²) < 4.78 is 38.0. The van der Waals surface area contributed by atoms with Gasteiger partial charge in [0.05, 0.1) is 28.9 Å². The topological polar surface area (TPSA) is 125 Å². The first-order valence-electron chi connectivity index (χ1n) is 12.3. The maximum Gasteiger partial charge on any atom is 0.269 e. The highest BCUT2D eigenvalue weighted by molar-refractivity contribution is 7.90. The SMILES string of the molecule is O=S(=O)(c1ccccc1)n1ccc2c(OCC3CC3)ncnc21.[CH3-].[CH3-].c1nc(OCC2CC2)c2cc[nH]c2n1. The smallest absolute Gasteiger partial charge is 0.269 e. The Morgan fingerprint density at radius 1 is 0.795 bits per heavy atom. The number of hydrogen-bond donors (Lipinski definition) is 1. The lowest BCUT2D eigenvalue weighted by Crippen LogP contribution is -2.12. The Morgan fingerprint density at radius 2 is 1.41 bits per heavy atom. The van der Waals surface area contributed by atoms with Crippen molar-refractivity contribution in [2.45, 2.75) is 30.6 Å². The first-order chi connectivity index (χ1) is 18.1. The van der Waals surface area contributed by atoms with Crippen LogP contribution in [-0.4, -0.2) is 50.5 Å². The Labute approximate surface area is 228 Å². The van der Waals surface area contributed by atoms with Gasteiger partial charge in [0, 0.05) is 12.4 Å². The molecule has 0 spiro atoms. The first kappa shape index (κ1) is 28.0. The molecule has 39 heavy (non-hydrogen) atoms. The van der Waals surface area contributed by atoms with Crippen molar-refractivity contribution in [3.8, 4) is 11.8 Å². The van der Waals surface area contributed by atoms with Crippen molar-refractivity contribution in [3.63, 3.8) is 0 Å². The number of ether oxygens (including phenoxy) is 2. The molecule has 4 heterocycles. The fourth-order valence-corrected chi connectivity index (χ4v) is 5.17. The van der Waals surface area contributed by atoms with Gasteiger partial charge in [-0.05, 0) is 61.8 Å². The number of hydrogen-bond acceptors (Lipinski definition) is 8. The van der Waals surface area contributed by atoms with Gasteiger partial charge < -0.3 is 29.3 Å². The molecule has 206 valence electrons. The van der Waals surface area contributed by atoms with Crippen LogP contribution in [0.25, 0.3) is 22.1 Å². The molecule has 4 aromatic heterocycles. The lowest BCUT2D eigenvalue weighted by Gasteiger charge is -2.08.